The van der Waals surface area contributed by atoms with E-state index >= 15 is 0 Å². The first-order valence-electron chi connectivity index (χ1n) is 9.54. The first kappa shape index (κ1) is 18.5. The molecule has 2 aliphatic rings. The minimum Gasteiger partial charge on any atom is -0.486 e. The summed E-state index contributed by atoms with van der Waals surface area (Å²) in [5, 5.41) is 14.5. The number of carbonyl (C=O) groups excluding carboxylic acids is 1. The molecule has 1 aromatic carbocycles. The Hall–Kier alpha value is -2.52. The van der Waals surface area contributed by atoms with Gasteiger partial charge in [-0.25, -0.2) is 0 Å². The monoisotopic (exact) mass is 428 g/mol. The van der Waals surface area contributed by atoms with Gasteiger partial charge in [-0.2, -0.15) is 0 Å². The summed E-state index contributed by atoms with van der Waals surface area (Å²) >= 11 is 3.08. The molecule has 3 heterocycles. The number of amides is 1. The lowest BCUT2D eigenvalue weighted by Gasteiger charge is -2.26. The van der Waals surface area contributed by atoms with Crippen LogP contribution in [0.2, 0.25) is 0 Å². The van der Waals surface area contributed by atoms with Gasteiger partial charge in [0.2, 0.25) is 5.91 Å². The normalized spacial score (nSPS) is 17.9. The molecule has 3 aromatic rings. The van der Waals surface area contributed by atoms with Crippen LogP contribution in [0, 0.1) is 0 Å². The van der Waals surface area contributed by atoms with Crippen molar-refractivity contribution in [2.75, 3.05) is 18.9 Å². The van der Waals surface area contributed by atoms with E-state index in [9.17, 15) is 4.79 Å². The smallest absolute Gasteiger partial charge is 0.230 e. The fraction of sp³-hybridized carbons (Fsp3) is 0.350. The summed E-state index contributed by atoms with van der Waals surface area (Å²) in [7, 11) is 0. The van der Waals surface area contributed by atoms with E-state index in [1.54, 1.807) is 11.3 Å². The van der Waals surface area contributed by atoms with Crippen molar-refractivity contribution in [3.63, 3.8) is 0 Å². The van der Waals surface area contributed by atoms with E-state index in [0.717, 1.165) is 34.4 Å². The topological polar surface area (TPSA) is 78.3 Å². The molecule has 1 N–H and O–H groups in total. The van der Waals surface area contributed by atoms with E-state index in [1.165, 1.54) is 11.8 Å². The number of aromatic nitrogens is 3. The van der Waals surface area contributed by atoms with Gasteiger partial charge in [0, 0.05) is 6.04 Å². The number of nitrogens with zero attached hydrogens (tertiary/aromatic N) is 3. The van der Waals surface area contributed by atoms with Crippen molar-refractivity contribution in [1.29, 1.82) is 0 Å². The minimum absolute atomic E-state index is 0.0551. The zero-order valence-corrected chi connectivity index (χ0v) is 17.2. The number of nitrogens with one attached hydrogen (secondary N) is 1. The minimum atomic E-state index is -0.195. The highest BCUT2D eigenvalue weighted by atomic mass is 32.2. The Bertz CT molecular complexity index is 1000. The molecule has 0 spiro atoms. The molecular weight excluding hydrogens is 408 g/mol. The van der Waals surface area contributed by atoms with Crippen LogP contribution in [0.5, 0.6) is 11.5 Å². The Balaban J connectivity index is 1.16. The highest BCUT2D eigenvalue weighted by Crippen LogP contribution is 2.41. The fourth-order valence-corrected chi connectivity index (χ4v) is 4.72. The van der Waals surface area contributed by atoms with E-state index in [4.69, 9.17) is 9.47 Å². The summed E-state index contributed by atoms with van der Waals surface area (Å²) in [6.07, 6.45) is 2.08. The van der Waals surface area contributed by atoms with E-state index in [2.05, 4.69) is 26.1 Å². The predicted molar refractivity (Wildman–Crippen MR) is 112 cm³/mol. The number of rotatable bonds is 7. The molecule has 0 saturated heterocycles. The average molecular weight is 429 g/mol. The molecule has 1 atom stereocenters. The maximum absolute atomic E-state index is 12.4. The van der Waals surface area contributed by atoms with Gasteiger partial charge in [-0.05, 0) is 36.4 Å². The van der Waals surface area contributed by atoms with Crippen LogP contribution in [-0.2, 0) is 4.79 Å². The second kappa shape index (κ2) is 8.08. The van der Waals surface area contributed by atoms with Crippen LogP contribution < -0.4 is 14.8 Å². The Morgan fingerprint density at radius 2 is 2.07 bits per heavy atom. The van der Waals surface area contributed by atoms with Crippen molar-refractivity contribution in [1.82, 2.24) is 20.1 Å². The van der Waals surface area contributed by atoms with E-state index in [-0.39, 0.29) is 12.0 Å². The third-order valence-electron chi connectivity index (χ3n) is 4.74. The summed E-state index contributed by atoms with van der Waals surface area (Å²) in [6.45, 7) is 0.827. The number of thiophene rings is 1. The number of benzene rings is 1. The maximum atomic E-state index is 12.4. The molecule has 1 amide bonds. The molecule has 150 valence electrons. The Labute approximate surface area is 176 Å². The summed E-state index contributed by atoms with van der Waals surface area (Å²) in [4.78, 5) is 13.5. The number of fused-ring (bicyclic) bond motifs is 1. The third kappa shape index (κ3) is 4.11. The molecule has 29 heavy (non-hydrogen) atoms. The summed E-state index contributed by atoms with van der Waals surface area (Å²) in [6, 6.07) is 12.1. The summed E-state index contributed by atoms with van der Waals surface area (Å²) in [5.74, 6) is 2.59. The molecule has 7 nitrogen and oxygen atoms in total. The van der Waals surface area contributed by atoms with Gasteiger partial charge in [0.05, 0.1) is 17.2 Å². The molecule has 1 aliphatic carbocycles. The zero-order chi connectivity index (χ0) is 19.6. The van der Waals surface area contributed by atoms with Crippen LogP contribution in [0.1, 0.15) is 18.9 Å². The van der Waals surface area contributed by atoms with E-state index in [0.29, 0.717) is 30.7 Å². The van der Waals surface area contributed by atoms with Gasteiger partial charge >= 0.3 is 0 Å². The molecule has 2 aromatic heterocycles. The van der Waals surface area contributed by atoms with E-state index < -0.39 is 0 Å². The van der Waals surface area contributed by atoms with Crippen molar-refractivity contribution in [2.45, 2.75) is 30.1 Å². The lowest BCUT2D eigenvalue weighted by molar-refractivity contribution is -0.119. The fourth-order valence-electron chi connectivity index (χ4n) is 3.18. The number of carbonyl (C=O) groups is 1. The number of hydrogen-bond donors (Lipinski definition) is 1. The highest BCUT2D eigenvalue weighted by molar-refractivity contribution is 7.99. The van der Waals surface area contributed by atoms with Crippen LogP contribution in [-0.4, -0.2) is 45.7 Å². The molecule has 0 bridgehead atoms. The lowest BCUT2D eigenvalue weighted by atomic mass is 10.2. The molecule has 9 heteroatoms. The van der Waals surface area contributed by atoms with Gasteiger partial charge in [0.25, 0.3) is 0 Å². The molecular formula is C20H20N4O3S2. The third-order valence-corrected chi connectivity index (χ3v) is 6.55. The second-order valence-electron chi connectivity index (χ2n) is 6.98. The Morgan fingerprint density at radius 1 is 1.21 bits per heavy atom. The predicted octanol–water partition coefficient (Wildman–Crippen LogP) is 3.39. The largest absolute Gasteiger partial charge is 0.486 e. The number of ether oxygens (including phenoxy) is 2. The number of para-hydroxylation sites is 2. The van der Waals surface area contributed by atoms with Crippen molar-refractivity contribution >= 4 is 29.0 Å². The average Bonchev–Trinajstić information content (AvgIpc) is 3.26. The number of thioether (sulfide) groups is 1. The van der Waals surface area contributed by atoms with Crippen molar-refractivity contribution in [3.05, 3.63) is 41.8 Å². The van der Waals surface area contributed by atoms with Gasteiger partial charge in [0.1, 0.15) is 12.7 Å². The SMILES string of the molecule is O=C(CSc1nnc(-c2cccs2)n1C1CC1)NC[C@@H]1COc2ccccc2O1. The molecule has 1 aliphatic heterocycles. The van der Waals surface area contributed by atoms with Crippen molar-refractivity contribution < 1.29 is 14.3 Å². The van der Waals surface area contributed by atoms with Crippen LogP contribution >= 0.6 is 23.1 Å². The van der Waals surface area contributed by atoms with Gasteiger partial charge in [-0.3, -0.25) is 9.36 Å². The standard InChI is InChI=1S/C20H20N4O3S2/c25-18(21-10-14-11-26-15-4-1-2-5-16(15)27-14)12-29-20-23-22-19(17-6-3-9-28-17)24(20)13-7-8-13/h1-6,9,13-14H,7-8,10-12H2,(H,21,25)/t14-/m1/s1. The van der Waals surface area contributed by atoms with E-state index in [1.807, 2.05) is 35.7 Å². The van der Waals surface area contributed by atoms with Crippen LogP contribution in [0.25, 0.3) is 10.7 Å². The first-order chi connectivity index (χ1) is 14.3. The Morgan fingerprint density at radius 3 is 2.86 bits per heavy atom. The van der Waals surface area contributed by atoms with Gasteiger partial charge < -0.3 is 14.8 Å². The van der Waals surface area contributed by atoms with Gasteiger partial charge in [-0.15, -0.1) is 21.5 Å². The quantitative estimate of drug-likeness (QED) is 0.581. The summed E-state index contributed by atoms with van der Waals surface area (Å²) in [5.41, 5.74) is 0. The highest BCUT2D eigenvalue weighted by Gasteiger charge is 2.30. The molecule has 5 rings (SSSR count). The van der Waals surface area contributed by atoms with Crippen molar-refractivity contribution in [2.24, 2.45) is 0 Å². The van der Waals surface area contributed by atoms with Crippen LogP contribution in [0.4, 0.5) is 0 Å². The lowest BCUT2D eigenvalue weighted by Crippen LogP contribution is -2.41. The van der Waals surface area contributed by atoms with Crippen LogP contribution in [0.15, 0.2) is 46.9 Å². The van der Waals surface area contributed by atoms with Gasteiger partial charge in [-0.1, -0.05) is 30.0 Å². The van der Waals surface area contributed by atoms with Crippen LogP contribution in [0.3, 0.4) is 0 Å². The second-order valence-corrected chi connectivity index (χ2v) is 8.87. The first-order valence-corrected chi connectivity index (χ1v) is 11.4. The molecule has 1 saturated carbocycles. The molecule has 1 fully saturated rings. The Kier molecular flexibility index (Phi) is 5.15. The maximum Gasteiger partial charge on any atom is 0.230 e. The molecule has 0 unspecified atom stereocenters. The number of hydrogen-bond acceptors (Lipinski definition) is 7. The van der Waals surface area contributed by atoms with Gasteiger partial charge in [0.15, 0.2) is 22.5 Å². The molecule has 0 radical (unpaired) electrons. The zero-order valence-electron chi connectivity index (χ0n) is 15.6. The van der Waals surface area contributed by atoms with Crippen molar-refractivity contribution in [3.8, 4) is 22.2 Å². The summed E-state index contributed by atoms with van der Waals surface area (Å²) < 4.78 is 13.7.